The third-order valence-corrected chi connectivity index (χ3v) is 3.82. The molecule has 0 radical (unpaired) electrons. The summed E-state index contributed by atoms with van der Waals surface area (Å²) in [7, 11) is 0. The van der Waals surface area contributed by atoms with Crippen LogP contribution in [0.3, 0.4) is 0 Å². The molecule has 0 unspecified atom stereocenters. The predicted molar refractivity (Wildman–Crippen MR) is 99.6 cm³/mol. The summed E-state index contributed by atoms with van der Waals surface area (Å²) in [6.07, 6.45) is -1.36. The minimum Gasteiger partial charge on any atom is -0.417 e. The van der Waals surface area contributed by atoms with Gasteiger partial charge in [0.15, 0.2) is 0 Å². The van der Waals surface area contributed by atoms with Gasteiger partial charge in [0.25, 0.3) is 12.0 Å². The Morgan fingerprint density at radius 1 is 0.714 bits per heavy atom. The van der Waals surface area contributed by atoms with E-state index < -0.39 is 23.2 Å². The lowest BCUT2D eigenvalue weighted by Crippen LogP contribution is -2.18. The Kier molecular flexibility index (Phi) is 5.76. The van der Waals surface area contributed by atoms with Crippen LogP contribution in [0.15, 0.2) is 84.9 Å². The third-order valence-electron chi connectivity index (χ3n) is 3.82. The molecule has 7 nitrogen and oxygen atoms in total. The van der Waals surface area contributed by atoms with Crippen LogP contribution in [-0.2, 0) is 9.47 Å². The molecule has 0 fully saturated rings. The highest BCUT2D eigenvalue weighted by atomic mass is 16.7. The lowest BCUT2D eigenvalue weighted by Gasteiger charge is -2.18. The van der Waals surface area contributed by atoms with Gasteiger partial charge in [0.1, 0.15) is 0 Å². The first kappa shape index (κ1) is 18.8. The lowest BCUT2D eigenvalue weighted by atomic mass is 10.2. The number of non-ortho nitro benzene ring substituents is 1. The van der Waals surface area contributed by atoms with Crippen LogP contribution < -0.4 is 0 Å². The Hall–Kier alpha value is -4.00. The zero-order valence-corrected chi connectivity index (χ0v) is 14.6. The van der Waals surface area contributed by atoms with Crippen molar-refractivity contribution in [2.45, 2.75) is 6.29 Å². The molecule has 0 spiro atoms. The topological polar surface area (TPSA) is 95.7 Å². The van der Waals surface area contributed by atoms with Gasteiger partial charge in [-0.25, -0.2) is 9.59 Å². The third kappa shape index (κ3) is 4.59. The molecule has 28 heavy (non-hydrogen) atoms. The maximum Gasteiger partial charge on any atom is 0.341 e. The van der Waals surface area contributed by atoms with Crippen LogP contribution in [0.1, 0.15) is 32.6 Å². The first-order valence-electron chi connectivity index (χ1n) is 8.31. The van der Waals surface area contributed by atoms with Crippen LogP contribution in [0, 0.1) is 10.1 Å². The van der Waals surface area contributed by atoms with Crippen molar-refractivity contribution in [3.63, 3.8) is 0 Å². The number of nitro benzene ring substituents is 1. The molecule has 0 amide bonds. The van der Waals surface area contributed by atoms with Gasteiger partial charge in [-0.05, 0) is 36.4 Å². The summed E-state index contributed by atoms with van der Waals surface area (Å²) in [5.74, 6) is -1.38. The van der Waals surface area contributed by atoms with Crippen molar-refractivity contribution in [2.75, 3.05) is 0 Å². The minimum absolute atomic E-state index is 0.133. The largest absolute Gasteiger partial charge is 0.417 e. The van der Waals surface area contributed by atoms with Crippen molar-refractivity contribution in [2.24, 2.45) is 0 Å². The summed E-state index contributed by atoms with van der Waals surface area (Å²) in [6, 6.07) is 21.7. The second-order valence-electron chi connectivity index (χ2n) is 5.72. The SMILES string of the molecule is O=C(OC(OC(=O)c1ccccc1)c1ccc([N+](=O)[O-])cc1)c1ccccc1. The van der Waals surface area contributed by atoms with Crippen LogP contribution in [0.5, 0.6) is 0 Å². The van der Waals surface area contributed by atoms with Gasteiger partial charge in [0.05, 0.1) is 16.1 Å². The summed E-state index contributed by atoms with van der Waals surface area (Å²) in [5.41, 5.74) is 0.723. The summed E-state index contributed by atoms with van der Waals surface area (Å²) >= 11 is 0. The van der Waals surface area contributed by atoms with Gasteiger partial charge in [0.2, 0.25) is 0 Å². The van der Waals surface area contributed by atoms with Gasteiger partial charge in [-0.2, -0.15) is 0 Å². The molecule has 0 saturated heterocycles. The van der Waals surface area contributed by atoms with Gasteiger partial charge in [0, 0.05) is 17.7 Å². The van der Waals surface area contributed by atoms with E-state index in [2.05, 4.69) is 0 Å². The van der Waals surface area contributed by atoms with Gasteiger partial charge in [-0.1, -0.05) is 36.4 Å². The minimum atomic E-state index is -1.36. The second kappa shape index (κ2) is 8.59. The van der Waals surface area contributed by atoms with Crippen molar-refractivity contribution in [3.8, 4) is 0 Å². The number of hydrogen-bond acceptors (Lipinski definition) is 6. The molecule has 3 rings (SSSR count). The zero-order chi connectivity index (χ0) is 19.9. The molecule has 140 valence electrons. The zero-order valence-electron chi connectivity index (χ0n) is 14.6. The molecule has 7 heteroatoms. The standard InChI is InChI=1S/C21H15NO6/c23-19(15-7-3-1-4-8-15)27-21(17-11-13-18(14-12-17)22(25)26)28-20(24)16-9-5-2-6-10-16/h1-14,21H. The number of nitro groups is 1. The van der Waals surface area contributed by atoms with Crippen LogP contribution >= 0.6 is 0 Å². The highest BCUT2D eigenvalue weighted by Crippen LogP contribution is 2.24. The quantitative estimate of drug-likeness (QED) is 0.275. The summed E-state index contributed by atoms with van der Waals surface area (Å²) in [5, 5.41) is 10.8. The molecule has 0 saturated carbocycles. The van der Waals surface area contributed by atoms with Crippen molar-refractivity contribution < 1.29 is 24.0 Å². The average Bonchev–Trinajstić information content (AvgIpc) is 2.74. The fourth-order valence-electron chi connectivity index (χ4n) is 2.39. The molecular formula is C21H15NO6. The molecule has 0 aliphatic rings. The Labute approximate surface area is 160 Å². The monoisotopic (exact) mass is 377 g/mol. The summed E-state index contributed by atoms with van der Waals surface area (Å²) in [4.78, 5) is 35.1. The molecule has 3 aromatic rings. The van der Waals surface area contributed by atoms with Crippen molar-refractivity contribution in [1.82, 2.24) is 0 Å². The van der Waals surface area contributed by atoms with Crippen molar-refractivity contribution in [1.29, 1.82) is 0 Å². The number of nitrogens with zero attached hydrogens (tertiary/aromatic N) is 1. The van der Waals surface area contributed by atoms with E-state index in [9.17, 15) is 19.7 Å². The molecule has 3 aromatic carbocycles. The van der Waals surface area contributed by atoms with E-state index >= 15 is 0 Å². The fraction of sp³-hybridized carbons (Fsp3) is 0.0476. The van der Waals surface area contributed by atoms with Gasteiger partial charge in [-0.3, -0.25) is 10.1 Å². The molecule has 0 N–H and O–H groups in total. The maximum atomic E-state index is 12.4. The molecular weight excluding hydrogens is 362 g/mol. The first-order valence-corrected chi connectivity index (χ1v) is 8.31. The number of carbonyl (C=O) groups excluding carboxylic acids is 2. The lowest BCUT2D eigenvalue weighted by molar-refractivity contribution is -0.384. The highest BCUT2D eigenvalue weighted by Gasteiger charge is 2.23. The molecule has 0 aliphatic carbocycles. The number of ether oxygens (including phenoxy) is 2. The maximum absolute atomic E-state index is 12.4. The molecule has 0 aliphatic heterocycles. The van der Waals surface area contributed by atoms with Crippen LogP contribution in [0.2, 0.25) is 0 Å². The number of esters is 2. The van der Waals surface area contributed by atoms with E-state index in [1.165, 1.54) is 24.3 Å². The number of carbonyl (C=O) groups is 2. The van der Waals surface area contributed by atoms with Crippen molar-refractivity contribution in [3.05, 3.63) is 112 Å². The van der Waals surface area contributed by atoms with E-state index in [4.69, 9.17) is 9.47 Å². The smallest absolute Gasteiger partial charge is 0.341 e. The number of benzene rings is 3. The Balaban J connectivity index is 1.85. The molecule has 0 atom stereocenters. The van der Waals surface area contributed by atoms with E-state index in [1.807, 2.05) is 0 Å². The molecule has 0 bridgehead atoms. The predicted octanol–water partition coefficient (Wildman–Crippen LogP) is 4.31. The number of hydrogen-bond donors (Lipinski definition) is 0. The highest BCUT2D eigenvalue weighted by molar-refractivity contribution is 5.91. The Bertz CT molecular complexity index is 917. The van der Waals surface area contributed by atoms with Crippen LogP contribution in [0.4, 0.5) is 5.69 Å². The first-order chi connectivity index (χ1) is 13.5. The average molecular weight is 377 g/mol. The van der Waals surface area contributed by atoms with Gasteiger partial charge >= 0.3 is 11.9 Å². The van der Waals surface area contributed by atoms with Crippen LogP contribution in [0.25, 0.3) is 0 Å². The van der Waals surface area contributed by atoms with E-state index in [0.29, 0.717) is 5.56 Å². The van der Waals surface area contributed by atoms with E-state index in [1.54, 1.807) is 60.7 Å². The van der Waals surface area contributed by atoms with Crippen LogP contribution in [-0.4, -0.2) is 16.9 Å². The number of rotatable bonds is 6. The molecule has 0 heterocycles. The normalized spacial score (nSPS) is 10.3. The van der Waals surface area contributed by atoms with E-state index in [0.717, 1.165) is 0 Å². The molecule has 0 aromatic heterocycles. The summed E-state index contributed by atoms with van der Waals surface area (Å²) in [6.45, 7) is 0. The summed E-state index contributed by atoms with van der Waals surface area (Å²) < 4.78 is 10.7. The van der Waals surface area contributed by atoms with Gasteiger partial charge < -0.3 is 9.47 Å². The fourth-order valence-corrected chi connectivity index (χ4v) is 2.39. The second-order valence-corrected chi connectivity index (χ2v) is 5.72. The van der Waals surface area contributed by atoms with Gasteiger partial charge in [-0.15, -0.1) is 0 Å². The van der Waals surface area contributed by atoms with Crippen molar-refractivity contribution >= 4 is 17.6 Å². The van der Waals surface area contributed by atoms with E-state index in [-0.39, 0.29) is 16.8 Å². The Morgan fingerprint density at radius 3 is 1.54 bits per heavy atom. The Morgan fingerprint density at radius 2 is 1.14 bits per heavy atom.